The minimum atomic E-state index is -0.414. The highest BCUT2D eigenvalue weighted by Gasteiger charge is 2.16. The van der Waals surface area contributed by atoms with Gasteiger partial charge in [-0.1, -0.05) is 0 Å². The normalized spacial score (nSPS) is 10.8. The first-order valence-electron chi connectivity index (χ1n) is 5.38. The minimum Gasteiger partial charge on any atom is -0.462 e. The lowest BCUT2D eigenvalue weighted by Crippen LogP contribution is -2.09. The molecule has 0 amide bonds. The number of pyridine rings is 1. The number of thiophene rings is 1. The van der Waals surface area contributed by atoms with Gasteiger partial charge in [0.1, 0.15) is 16.2 Å². The van der Waals surface area contributed by atoms with Crippen LogP contribution in [0.3, 0.4) is 0 Å². The average molecular weight is 250 g/mol. The van der Waals surface area contributed by atoms with Gasteiger partial charge in [-0.05, 0) is 32.4 Å². The Labute approximate surface area is 103 Å². The van der Waals surface area contributed by atoms with Gasteiger partial charge in [0.2, 0.25) is 0 Å². The molecule has 2 rings (SSSR count). The van der Waals surface area contributed by atoms with Crippen LogP contribution in [0.5, 0.6) is 0 Å². The number of nitrogens with two attached hydrogens (primary N) is 1. The summed E-state index contributed by atoms with van der Waals surface area (Å²) in [6.07, 6.45) is 0. The molecule has 2 N–H and O–H groups in total. The first kappa shape index (κ1) is 11.9. The average Bonchev–Trinajstić information content (AvgIpc) is 2.53. The molecule has 2 heterocycles. The Bertz CT molecular complexity index is 590. The third-order valence-electron chi connectivity index (χ3n) is 2.69. The van der Waals surface area contributed by atoms with Crippen molar-refractivity contribution in [3.8, 4) is 0 Å². The van der Waals surface area contributed by atoms with Crippen LogP contribution in [0.4, 0.5) is 5.82 Å². The number of rotatable bonds is 2. The summed E-state index contributed by atoms with van der Waals surface area (Å²) in [4.78, 5) is 18.0. The molecule has 0 atom stereocenters. The van der Waals surface area contributed by atoms with Crippen LogP contribution in [0.25, 0.3) is 10.2 Å². The second-order valence-electron chi connectivity index (χ2n) is 3.78. The predicted molar refractivity (Wildman–Crippen MR) is 69.5 cm³/mol. The lowest BCUT2D eigenvalue weighted by molar-refractivity contribution is 0.0527. The van der Waals surface area contributed by atoms with Gasteiger partial charge in [-0.15, -0.1) is 11.3 Å². The lowest BCUT2D eigenvalue weighted by atomic mass is 10.1. The van der Waals surface area contributed by atoms with E-state index in [9.17, 15) is 4.79 Å². The fourth-order valence-corrected chi connectivity index (χ4v) is 2.66. The van der Waals surface area contributed by atoms with Crippen molar-refractivity contribution in [1.82, 2.24) is 4.98 Å². The number of nitrogens with zero attached hydrogens (tertiary/aromatic N) is 1. The lowest BCUT2D eigenvalue weighted by Gasteiger charge is -2.04. The van der Waals surface area contributed by atoms with Crippen molar-refractivity contribution in [3.63, 3.8) is 0 Å². The highest BCUT2D eigenvalue weighted by molar-refractivity contribution is 7.18. The number of aromatic nitrogens is 1. The Balaban J connectivity index is 2.61. The molecule has 0 saturated carbocycles. The molecule has 0 fully saturated rings. The van der Waals surface area contributed by atoms with Crippen LogP contribution < -0.4 is 5.73 Å². The van der Waals surface area contributed by atoms with Gasteiger partial charge in [0.25, 0.3) is 0 Å². The number of anilines is 1. The molecule has 0 aliphatic carbocycles. The molecule has 0 aliphatic rings. The summed E-state index contributed by atoms with van der Waals surface area (Å²) in [5.41, 5.74) is 7.26. The summed E-state index contributed by atoms with van der Waals surface area (Å²) in [6, 6.07) is 1.77. The zero-order valence-electron chi connectivity index (χ0n) is 10.0. The van der Waals surface area contributed by atoms with Crippen molar-refractivity contribution in [2.45, 2.75) is 20.8 Å². The summed E-state index contributed by atoms with van der Waals surface area (Å²) in [5.74, 6) is -0.181. The van der Waals surface area contributed by atoms with Gasteiger partial charge >= 0.3 is 5.97 Å². The quantitative estimate of drug-likeness (QED) is 0.832. The molecule has 17 heavy (non-hydrogen) atoms. The zero-order valence-corrected chi connectivity index (χ0v) is 10.9. The van der Waals surface area contributed by atoms with E-state index in [0.29, 0.717) is 12.2 Å². The van der Waals surface area contributed by atoms with E-state index in [0.717, 1.165) is 15.8 Å². The Morgan fingerprint density at radius 2 is 2.24 bits per heavy atom. The molecule has 0 spiro atoms. The third-order valence-corrected chi connectivity index (χ3v) is 3.81. The Hall–Kier alpha value is -1.62. The van der Waals surface area contributed by atoms with E-state index < -0.39 is 5.97 Å². The van der Waals surface area contributed by atoms with Crippen LogP contribution in [0, 0.1) is 13.8 Å². The standard InChI is InChI=1S/C12H14N2O2S/c1-4-16-12(15)9-5-8-6(2)7(3)17-11(8)14-10(9)13/h5H,4H2,1-3H3,(H2,13,14). The molecule has 5 heteroatoms. The number of nitrogen functional groups attached to an aromatic ring is 1. The highest BCUT2D eigenvalue weighted by atomic mass is 32.1. The van der Waals surface area contributed by atoms with Crippen LogP contribution in [-0.4, -0.2) is 17.6 Å². The van der Waals surface area contributed by atoms with E-state index >= 15 is 0 Å². The van der Waals surface area contributed by atoms with Gasteiger partial charge in [-0.2, -0.15) is 0 Å². The van der Waals surface area contributed by atoms with Gasteiger partial charge in [-0.3, -0.25) is 0 Å². The number of aryl methyl sites for hydroxylation is 2. The smallest absolute Gasteiger partial charge is 0.341 e. The van der Waals surface area contributed by atoms with Crippen molar-refractivity contribution < 1.29 is 9.53 Å². The molecule has 0 aliphatic heterocycles. The number of esters is 1. The van der Waals surface area contributed by atoms with E-state index in [1.54, 1.807) is 24.3 Å². The van der Waals surface area contributed by atoms with Crippen LogP contribution >= 0.6 is 11.3 Å². The van der Waals surface area contributed by atoms with E-state index in [1.807, 2.05) is 13.8 Å². The molecule has 90 valence electrons. The summed E-state index contributed by atoms with van der Waals surface area (Å²) >= 11 is 1.58. The fraction of sp³-hybridized carbons (Fsp3) is 0.333. The van der Waals surface area contributed by atoms with E-state index in [2.05, 4.69) is 4.98 Å². The summed E-state index contributed by atoms with van der Waals surface area (Å²) < 4.78 is 4.95. The molecule has 0 radical (unpaired) electrons. The molecule has 0 unspecified atom stereocenters. The molecule has 2 aromatic heterocycles. The van der Waals surface area contributed by atoms with Crippen molar-refractivity contribution in [2.75, 3.05) is 12.3 Å². The van der Waals surface area contributed by atoms with Gasteiger partial charge < -0.3 is 10.5 Å². The predicted octanol–water partition coefficient (Wildman–Crippen LogP) is 2.67. The van der Waals surface area contributed by atoms with E-state index in [-0.39, 0.29) is 5.82 Å². The van der Waals surface area contributed by atoms with Crippen molar-refractivity contribution in [1.29, 1.82) is 0 Å². The molecule has 0 bridgehead atoms. The Morgan fingerprint density at radius 1 is 1.53 bits per heavy atom. The number of carbonyl (C=O) groups excluding carboxylic acids is 1. The van der Waals surface area contributed by atoms with Crippen molar-refractivity contribution in [2.24, 2.45) is 0 Å². The molecule has 2 aromatic rings. The van der Waals surface area contributed by atoms with E-state index in [1.165, 1.54) is 4.88 Å². The molecule has 4 nitrogen and oxygen atoms in total. The minimum absolute atomic E-state index is 0.234. The number of fused-ring (bicyclic) bond motifs is 1. The third kappa shape index (κ3) is 1.98. The van der Waals surface area contributed by atoms with Crippen molar-refractivity contribution in [3.05, 3.63) is 22.1 Å². The van der Waals surface area contributed by atoms with Crippen LogP contribution in [0.1, 0.15) is 27.7 Å². The second kappa shape index (κ2) is 4.33. The zero-order chi connectivity index (χ0) is 12.6. The number of carbonyl (C=O) groups is 1. The molecular formula is C12H14N2O2S. The van der Waals surface area contributed by atoms with Gasteiger partial charge in [0.05, 0.1) is 6.61 Å². The topological polar surface area (TPSA) is 65.2 Å². The fourth-order valence-electron chi connectivity index (χ4n) is 1.64. The Kier molecular flexibility index (Phi) is 3.02. The highest BCUT2D eigenvalue weighted by Crippen LogP contribution is 2.31. The van der Waals surface area contributed by atoms with Crippen LogP contribution in [-0.2, 0) is 4.74 Å². The number of hydrogen-bond acceptors (Lipinski definition) is 5. The van der Waals surface area contributed by atoms with Crippen molar-refractivity contribution >= 4 is 33.3 Å². The molecular weight excluding hydrogens is 236 g/mol. The SMILES string of the molecule is CCOC(=O)c1cc2c(C)c(C)sc2nc1N. The first-order valence-corrected chi connectivity index (χ1v) is 6.19. The summed E-state index contributed by atoms with van der Waals surface area (Å²) in [7, 11) is 0. The van der Waals surface area contributed by atoms with E-state index in [4.69, 9.17) is 10.5 Å². The van der Waals surface area contributed by atoms with Gasteiger partial charge in [-0.25, -0.2) is 9.78 Å². The maximum absolute atomic E-state index is 11.7. The van der Waals surface area contributed by atoms with Gasteiger partial charge in [0, 0.05) is 10.3 Å². The first-order chi connectivity index (χ1) is 8.04. The summed E-state index contributed by atoms with van der Waals surface area (Å²) in [6.45, 7) is 6.14. The monoisotopic (exact) mass is 250 g/mol. The Morgan fingerprint density at radius 3 is 2.88 bits per heavy atom. The summed E-state index contributed by atoms with van der Waals surface area (Å²) in [5, 5.41) is 0.977. The maximum Gasteiger partial charge on any atom is 0.341 e. The maximum atomic E-state index is 11.7. The second-order valence-corrected chi connectivity index (χ2v) is 4.98. The van der Waals surface area contributed by atoms with Crippen LogP contribution in [0.2, 0.25) is 0 Å². The molecule has 0 saturated heterocycles. The number of ether oxygens (including phenoxy) is 1. The van der Waals surface area contributed by atoms with Gasteiger partial charge in [0.15, 0.2) is 0 Å². The number of hydrogen-bond donors (Lipinski definition) is 1. The largest absolute Gasteiger partial charge is 0.462 e. The molecule has 0 aromatic carbocycles. The van der Waals surface area contributed by atoms with Crippen LogP contribution in [0.15, 0.2) is 6.07 Å².